The van der Waals surface area contributed by atoms with Gasteiger partial charge in [0.25, 0.3) is 0 Å². The van der Waals surface area contributed by atoms with Crippen molar-refractivity contribution >= 4 is 0 Å². The second kappa shape index (κ2) is 6.90. The lowest BCUT2D eigenvalue weighted by molar-refractivity contribution is 0.348. The standard InChI is InChI=1S/C18H27N3/c1-5-12-19-17(15-13-20-21(6-2)14-15)18(3,4)16-10-8-7-9-11-16/h7-11,13-14,17,19H,5-6,12H2,1-4H3. The first-order valence-electron chi connectivity index (χ1n) is 7.90. The highest BCUT2D eigenvalue weighted by molar-refractivity contribution is 5.30. The van der Waals surface area contributed by atoms with Gasteiger partial charge in [0.2, 0.25) is 0 Å². The lowest BCUT2D eigenvalue weighted by Gasteiger charge is -2.35. The fourth-order valence-corrected chi connectivity index (χ4v) is 2.81. The smallest absolute Gasteiger partial charge is 0.0537 e. The molecule has 21 heavy (non-hydrogen) atoms. The number of hydrogen-bond donors (Lipinski definition) is 1. The van der Waals surface area contributed by atoms with Gasteiger partial charge in [0, 0.05) is 29.8 Å². The van der Waals surface area contributed by atoms with Crippen molar-refractivity contribution in [1.82, 2.24) is 15.1 Å². The monoisotopic (exact) mass is 285 g/mol. The molecule has 1 aromatic heterocycles. The van der Waals surface area contributed by atoms with Crippen LogP contribution in [0.5, 0.6) is 0 Å². The lowest BCUT2D eigenvalue weighted by atomic mass is 9.75. The number of nitrogens with one attached hydrogen (secondary N) is 1. The van der Waals surface area contributed by atoms with E-state index in [9.17, 15) is 0 Å². The Kier molecular flexibility index (Phi) is 5.18. The molecular weight excluding hydrogens is 258 g/mol. The second-order valence-electron chi connectivity index (χ2n) is 6.10. The molecule has 0 aliphatic heterocycles. The summed E-state index contributed by atoms with van der Waals surface area (Å²) in [7, 11) is 0. The van der Waals surface area contributed by atoms with E-state index in [1.165, 1.54) is 11.1 Å². The minimum atomic E-state index is 0.0119. The molecule has 1 aromatic carbocycles. The SMILES string of the molecule is CCCNC(c1cnn(CC)c1)C(C)(C)c1ccccc1. The van der Waals surface area contributed by atoms with Crippen LogP contribution < -0.4 is 5.32 Å². The van der Waals surface area contributed by atoms with Crippen molar-refractivity contribution in [3.63, 3.8) is 0 Å². The molecule has 2 aromatic rings. The third-order valence-corrected chi connectivity index (χ3v) is 4.15. The average molecular weight is 285 g/mol. The number of nitrogens with zero attached hydrogens (tertiary/aromatic N) is 2. The quantitative estimate of drug-likeness (QED) is 0.835. The van der Waals surface area contributed by atoms with Gasteiger partial charge in [-0.15, -0.1) is 0 Å². The second-order valence-corrected chi connectivity index (χ2v) is 6.10. The molecule has 0 saturated carbocycles. The molecule has 0 bridgehead atoms. The number of benzene rings is 1. The first kappa shape index (κ1) is 15.8. The van der Waals surface area contributed by atoms with Gasteiger partial charge in [0.1, 0.15) is 0 Å². The summed E-state index contributed by atoms with van der Waals surface area (Å²) >= 11 is 0. The first-order valence-corrected chi connectivity index (χ1v) is 7.90. The molecule has 0 saturated heterocycles. The molecule has 2 rings (SSSR count). The number of aryl methyl sites for hydroxylation is 1. The van der Waals surface area contributed by atoms with Crippen LogP contribution in [0.4, 0.5) is 0 Å². The maximum Gasteiger partial charge on any atom is 0.0537 e. The maximum absolute atomic E-state index is 4.45. The minimum absolute atomic E-state index is 0.0119. The molecule has 0 fully saturated rings. The normalized spacial score (nSPS) is 13.3. The molecule has 0 aliphatic carbocycles. The van der Waals surface area contributed by atoms with Crippen molar-refractivity contribution in [2.75, 3.05) is 6.54 Å². The molecule has 1 N–H and O–H groups in total. The van der Waals surface area contributed by atoms with E-state index in [2.05, 4.69) is 74.6 Å². The zero-order valence-electron chi connectivity index (χ0n) is 13.6. The van der Waals surface area contributed by atoms with Gasteiger partial charge in [-0.3, -0.25) is 4.68 Å². The van der Waals surface area contributed by atoms with Crippen molar-refractivity contribution in [1.29, 1.82) is 0 Å². The lowest BCUT2D eigenvalue weighted by Crippen LogP contribution is -2.37. The summed E-state index contributed by atoms with van der Waals surface area (Å²) < 4.78 is 2.00. The highest BCUT2D eigenvalue weighted by Crippen LogP contribution is 2.36. The molecule has 3 heteroatoms. The maximum atomic E-state index is 4.45. The van der Waals surface area contributed by atoms with Gasteiger partial charge in [0.05, 0.1) is 6.20 Å². The molecule has 0 amide bonds. The highest BCUT2D eigenvalue weighted by atomic mass is 15.3. The van der Waals surface area contributed by atoms with Crippen LogP contribution in [-0.2, 0) is 12.0 Å². The van der Waals surface area contributed by atoms with E-state index in [-0.39, 0.29) is 11.5 Å². The summed E-state index contributed by atoms with van der Waals surface area (Å²) in [6.07, 6.45) is 5.29. The number of aromatic nitrogens is 2. The summed E-state index contributed by atoms with van der Waals surface area (Å²) in [4.78, 5) is 0. The van der Waals surface area contributed by atoms with E-state index in [0.29, 0.717) is 0 Å². The molecule has 114 valence electrons. The topological polar surface area (TPSA) is 29.9 Å². The van der Waals surface area contributed by atoms with Crippen molar-refractivity contribution in [2.24, 2.45) is 0 Å². The van der Waals surface area contributed by atoms with Gasteiger partial charge >= 0.3 is 0 Å². The van der Waals surface area contributed by atoms with E-state index < -0.39 is 0 Å². The zero-order chi connectivity index (χ0) is 15.3. The summed E-state index contributed by atoms with van der Waals surface area (Å²) in [6, 6.07) is 11.0. The van der Waals surface area contributed by atoms with Gasteiger partial charge < -0.3 is 5.32 Å². The summed E-state index contributed by atoms with van der Waals surface area (Å²) in [5.74, 6) is 0. The summed E-state index contributed by atoms with van der Waals surface area (Å²) in [6.45, 7) is 10.9. The Hall–Kier alpha value is -1.61. The predicted molar refractivity (Wildman–Crippen MR) is 88.4 cm³/mol. The third kappa shape index (κ3) is 3.53. The van der Waals surface area contributed by atoms with Gasteiger partial charge in [-0.1, -0.05) is 51.1 Å². The van der Waals surface area contributed by atoms with Crippen molar-refractivity contribution in [3.8, 4) is 0 Å². The molecule has 1 heterocycles. The van der Waals surface area contributed by atoms with E-state index in [0.717, 1.165) is 19.5 Å². The molecule has 1 atom stereocenters. The van der Waals surface area contributed by atoms with E-state index >= 15 is 0 Å². The Morgan fingerprint density at radius 3 is 2.48 bits per heavy atom. The Morgan fingerprint density at radius 2 is 1.90 bits per heavy atom. The zero-order valence-corrected chi connectivity index (χ0v) is 13.6. The van der Waals surface area contributed by atoms with E-state index in [4.69, 9.17) is 0 Å². The van der Waals surface area contributed by atoms with Crippen LogP contribution in [-0.4, -0.2) is 16.3 Å². The largest absolute Gasteiger partial charge is 0.309 e. The van der Waals surface area contributed by atoms with Gasteiger partial charge in [-0.05, 0) is 25.5 Å². The van der Waals surface area contributed by atoms with Crippen LogP contribution in [0.1, 0.15) is 51.3 Å². The van der Waals surface area contributed by atoms with Crippen LogP contribution in [0, 0.1) is 0 Å². The molecule has 3 nitrogen and oxygen atoms in total. The highest BCUT2D eigenvalue weighted by Gasteiger charge is 2.32. The Labute approximate surface area is 128 Å². The van der Waals surface area contributed by atoms with Crippen LogP contribution in [0.25, 0.3) is 0 Å². The molecule has 0 radical (unpaired) electrons. The molecule has 1 unspecified atom stereocenters. The van der Waals surface area contributed by atoms with Crippen molar-refractivity contribution in [2.45, 2.75) is 52.1 Å². The van der Waals surface area contributed by atoms with Gasteiger partial charge in [0.15, 0.2) is 0 Å². The molecular formula is C18H27N3. The Balaban J connectivity index is 2.34. The van der Waals surface area contributed by atoms with Crippen molar-refractivity contribution < 1.29 is 0 Å². The summed E-state index contributed by atoms with van der Waals surface area (Å²) in [5, 5.41) is 8.16. The fourth-order valence-electron chi connectivity index (χ4n) is 2.81. The fraction of sp³-hybridized carbons (Fsp3) is 0.500. The minimum Gasteiger partial charge on any atom is -0.309 e. The van der Waals surface area contributed by atoms with E-state index in [1.54, 1.807) is 0 Å². The number of rotatable bonds is 7. The van der Waals surface area contributed by atoms with Crippen molar-refractivity contribution in [3.05, 3.63) is 53.9 Å². The van der Waals surface area contributed by atoms with Gasteiger partial charge in [-0.25, -0.2) is 0 Å². The van der Waals surface area contributed by atoms with Crippen LogP contribution >= 0.6 is 0 Å². The predicted octanol–water partition coefficient (Wildman–Crippen LogP) is 3.92. The number of hydrogen-bond acceptors (Lipinski definition) is 2. The average Bonchev–Trinajstić information content (AvgIpc) is 2.97. The van der Waals surface area contributed by atoms with Crippen LogP contribution in [0.15, 0.2) is 42.7 Å². The van der Waals surface area contributed by atoms with Crippen LogP contribution in [0.3, 0.4) is 0 Å². The van der Waals surface area contributed by atoms with E-state index in [1.807, 2.05) is 10.9 Å². The third-order valence-electron chi connectivity index (χ3n) is 4.15. The molecule has 0 aliphatic rings. The Morgan fingerprint density at radius 1 is 1.19 bits per heavy atom. The summed E-state index contributed by atoms with van der Waals surface area (Å²) in [5.41, 5.74) is 2.62. The first-order chi connectivity index (χ1) is 10.1. The van der Waals surface area contributed by atoms with Crippen LogP contribution in [0.2, 0.25) is 0 Å². The Bertz CT molecular complexity index is 543. The molecule has 0 spiro atoms. The van der Waals surface area contributed by atoms with Gasteiger partial charge in [-0.2, -0.15) is 5.10 Å².